The van der Waals surface area contributed by atoms with Gasteiger partial charge in [-0.15, -0.1) is 0 Å². The summed E-state index contributed by atoms with van der Waals surface area (Å²) in [5.41, 5.74) is -0.838. The number of aliphatic hydroxyl groups is 1. The summed E-state index contributed by atoms with van der Waals surface area (Å²) in [5, 5.41) is 11.0. The van der Waals surface area contributed by atoms with Gasteiger partial charge in [0.15, 0.2) is 5.78 Å². The summed E-state index contributed by atoms with van der Waals surface area (Å²) < 4.78 is 42.3. The van der Waals surface area contributed by atoms with E-state index in [1.165, 1.54) is 0 Å². The van der Waals surface area contributed by atoms with Crippen molar-refractivity contribution in [2.45, 2.75) is 71.7 Å². The first-order chi connectivity index (χ1) is 12.3. The summed E-state index contributed by atoms with van der Waals surface area (Å²) in [6.45, 7) is 1.40. The molecule has 7 atom stereocenters. The number of hydrogen-bond acceptors (Lipinski definition) is 2. The first-order valence-corrected chi connectivity index (χ1v) is 8.74. The Hall–Kier alpha value is -0.630. The van der Waals surface area contributed by atoms with Crippen molar-refractivity contribution in [2.24, 2.45) is 34.5 Å². The second kappa shape index (κ2) is 4.69. The van der Waals surface area contributed by atoms with Gasteiger partial charge in [-0.25, -0.2) is 0 Å². The Labute approximate surface area is 141 Å². The molecule has 3 saturated carbocycles. The predicted octanol–water partition coefficient (Wildman–Crippen LogP) is 4.13. The smallest absolute Gasteiger partial charge is 0.155 e. The lowest BCUT2D eigenvalue weighted by molar-refractivity contribution is -0.118. The normalized spacial score (nSPS) is 64.9. The maximum atomic E-state index is 12.0. The Bertz CT molecular complexity index is 710. The lowest BCUT2D eigenvalue weighted by Gasteiger charge is -2.57. The van der Waals surface area contributed by atoms with Crippen molar-refractivity contribution in [3.8, 4) is 0 Å². The van der Waals surface area contributed by atoms with Crippen molar-refractivity contribution in [1.82, 2.24) is 0 Å². The molecule has 2 nitrogen and oxygen atoms in total. The highest BCUT2D eigenvalue weighted by molar-refractivity contribution is 5.91. The zero-order valence-electron chi connectivity index (χ0n) is 18.6. The number of fused-ring (bicyclic) bond motifs is 5. The molecule has 0 aliphatic heterocycles. The number of carbonyl (C=O) groups is 1. The van der Waals surface area contributed by atoms with Crippen LogP contribution in [0.1, 0.15) is 72.5 Å². The van der Waals surface area contributed by atoms with Crippen LogP contribution < -0.4 is 0 Å². The van der Waals surface area contributed by atoms with Gasteiger partial charge in [0.25, 0.3) is 0 Å². The van der Waals surface area contributed by atoms with Gasteiger partial charge in [0.1, 0.15) is 0 Å². The fourth-order valence-corrected chi connectivity index (χ4v) is 6.12. The molecule has 22 heavy (non-hydrogen) atoms. The van der Waals surface area contributed by atoms with Crippen LogP contribution in [0.25, 0.3) is 0 Å². The molecule has 4 rings (SSSR count). The standard InChI is InChI=1S/C20H30O2/c1-12-10-17-15-5-4-13-11-14(21)6-8-19(13,2)16(15)7-9-20(17,3)18(12)22/h11-12,15-18,22H,4-10H2,1-3H3/t12?,15-,16+,17+,18+,19+,20+/m1/s1/i2D3,12D,18D. The third-order valence-corrected chi connectivity index (χ3v) is 7.35. The van der Waals surface area contributed by atoms with Crippen LogP contribution in [0.4, 0.5) is 0 Å². The van der Waals surface area contributed by atoms with Crippen LogP contribution in [-0.2, 0) is 4.79 Å². The summed E-state index contributed by atoms with van der Waals surface area (Å²) in [5.74, 6) is -1.24. The Balaban J connectivity index is 1.81. The molecule has 0 bridgehead atoms. The van der Waals surface area contributed by atoms with E-state index in [0.29, 0.717) is 32.1 Å². The van der Waals surface area contributed by atoms with E-state index in [0.717, 1.165) is 12.0 Å². The fraction of sp³-hybridized carbons (Fsp3) is 0.850. The first-order valence-electron chi connectivity index (χ1n) is 11.2. The van der Waals surface area contributed by atoms with Crippen LogP contribution in [0.2, 0.25) is 0 Å². The molecule has 4 aliphatic carbocycles. The van der Waals surface area contributed by atoms with Crippen molar-refractivity contribution in [3.63, 3.8) is 0 Å². The second-order valence-electron chi connectivity index (χ2n) is 8.31. The summed E-state index contributed by atoms with van der Waals surface area (Å²) in [4.78, 5) is 12.0. The molecule has 0 aromatic carbocycles. The summed E-state index contributed by atoms with van der Waals surface area (Å²) in [6, 6.07) is 0. The maximum Gasteiger partial charge on any atom is 0.155 e. The van der Waals surface area contributed by atoms with Gasteiger partial charge in [-0.05, 0) is 79.1 Å². The van der Waals surface area contributed by atoms with Crippen LogP contribution in [0.15, 0.2) is 11.6 Å². The molecule has 2 heteroatoms. The van der Waals surface area contributed by atoms with E-state index >= 15 is 0 Å². The van der Waals surface area contributed by atoms with Crippen LogP contribution in [-0.4, -0.2) is 17.0 Å². The Morgan fingerprint density at radius 2 is 2.14 bits per heavy atom. The van der Waals surface area contributed by atoms with E-state index < -0.39 is 29.7 Å². The summed E-state index contributed by atoms with van der Waals surface area (Å²) in [6.07, 6.45) is 3.45. The van der Waals surface area contributed by atoms with Crippen molar-refractivity contribution < 1.29 is 16.8 Å². The van der Waals surface area contributed by atoms with Crippen molar-refractivity contribution in [3.05, 3.63) is 11.6 Å². The molecule has 0 radical (unpaired) electrons. The Morgan fingerprint density at radius 1 is 1.32 bits per heavy atom. The van der Waals surface area contributed by atoms with Gasteiger partial charge in [-0.2, -0.15) is 0 Å². The van der Waals surface area contributed by atoms with Crippen molar-refractivity contribution in [1.29, 1.82) is 0 Å². The summed E-state index contributed by atoms with van der Waals surface area (Å²) in [7, 11) is 0. The Morgan fingerprint density at radius 3 is 2.91 bits per heavy atom. The minimum absolute atomic E-state index is 0.0281. The van der Waals surface area contributed by atoms with Gasteiger partial charge in [-0.1, -0.05) is 26.3 Å². The van der Waals surface area contributed by atoms with E-state index in [4.69, 9.17) is 6.85 Å². The van der Waals surface area contributed by atoms with Crippen LogP contribution in [0.5, 0.6) is 0 Å². The second-order valence-corrected chi connectivity index (χ2v) is 8.31. The van der Waals surface area contributed by atoms with Gasteiger partial charge >= 0.3 is 0 Å². The molecule has 1 N–H and O–H groups in total. The van der Waals surface area contributed by atoms with Crippen LogP contribution in [0, 0.1) is 34.5 Å². The fourth-order valence-electron chi connectivity index (χ4n) is 6.12. The quantitative estimate of drug-likeness (QED) is 0.731. The van der Waals surface area contributed by atoms with Crippen LogP contribution >= 0.6 is 0 Å². The first kappa shape index (κ1) is 10.3. The number of ketones is 1. The van der Waals surface area contributed by atoms with Gasteiger partial charge in [0.05, 0.1) is 7.45 Å². The predicted molar refractivity (Wildman–Crippen MR) is 87.3 cm³/mol. The van der Waals surface area contributed by atoms with Crippen LogP contribution in [0.3, 0.4) is 0 Å². The van der Waals surface area contributed by atoms with E-state index in [2.05, 4.69) is 0 Å². The third kappa shape index (κ3) is 1.79. The van der Waals surface area contributed by atoms with Crippen molar-refractivity contribution >= 4 is 5.78 Å². The molecule has 0 saturated heterocycles. The Kier molecular flexibility index (Phi) is 2.19. The highest BCUT2D eigenvalue weighted by atomic mass is 16.3. The molecule has 0 heterocycles. The lowest BCUT2D eigenvalue weighted by Crippen LogP contribution is -2.51. The number of hydrogen-bond donors (Lipinski definition) is 1. The zero-order chi connectivity index (χ0) is 20.0. The van der Waals surface area contributed by atoms with E-state index in [9.17, 15) is 9.90 Å². The SMILES string of the molecule is [2H]C1(C)C[C@H]2[C@@H]3CCC4=CC(=O)CC[C@]4(C([2H])([2H])[2H])[C@H]3CC[C@]2(C)[C@@]1([2H])O. The third-order valence-electron chi connectivity index (χ3n) is 7.35. The lowest BCUT2D eigenvalue weighted by atomic mass is 9.47. The molecular formula is C20H30O2. The minimum atomic E-state index is -2.17. The van der Waals surface area contributed by atoms with Gasteiger partial charge in [0.2, 0.25) is 0 Å². The molecule has 0 aromatic heterocycles. The highest BCUT2D eigenvalue weighted by Crippen LogP contribution is 2.65. The number of carbonyl (C=O) groups excluding carboxylic acids is 1. The van der Waals surface area contributed by atoms with E-state index in [1.807, 2.05) is 6.92 Å². The maximum absolute atomic E-state index is 12.0. The van der Waals surface area contributed by atoms with E-state index in [-0.39, 0.29) is 30.0 Å². The average Bonchev–Trinajstić information content (AvgIpc) is 2.69. The molecular weight excluding hydrogens is 272 g/mol. The van der Waals surface area contributed by atoms with Crippen molar-refractivity contribution in [2.75, 3.05) is 0 Å². The molecule has 0 amide bonds. The topological polar surface area (TPSA) is 37.3 Å². The monoisotopic (exact) mass is 307 g/mol. The van der Waals surface area contributed by atoms with Gasteiger partial charge in [-0.3, -0.25) is 4.79 Å². The molecule has 1 unspecified atom stereocenters. The average molecular weight is 307 g/mol. The molecule has 122 valence electrons. The largest absolute Gasteiger partial charge is 0.392 e. The number of rotatable bonds is 0. The minimum Gasteiger partial charge on any atom is -0.392 e. The number of allylic oxidation sites excluding steroid dienone is 1. The summed E-state index contributed by atoms with van der Waals surface area (Å²) >= 11 is 0. The molecule has 0 spiro atoms. The highest BCUT2D eigenvalue weighted by Gasteiger charge is 2.60. The molecule has 3 fully saturated rings. The van der Waals surface area contributed by atoms with Gasteiger partial charge < -0.3 is 5.11 Å². The molecule has 0 aromatic rings. The zero-order valence-corrected chi connectivity index (χ0v) is 13.6. The van der Waals surface area contributed by atoms with E-state index in [1.54, 1.807) is 13.0 Å². The van der Waals surface area contributed by atoms with Gasteiger partial charge in [0, 0.05) is 11.9 Å². The molecule has 4 aliphatic rings.